The minimum absolute atomic E-state index is 0.190. The van der Waals surface area contributed by atoms with Gasteiger partial charge in [-0.2, -0.15) is 24.4 Å². The van der Waals surface area contributed by atoms with Gasteiger partial charge in [-0.25, -0.2) is 0 Å². The van der Waals surface area contributed by atoms with Crippen LogP contribution in [0.25, 0.3) is 11.5 Å². The Bertz CT molecular complexity index is 819. The fourth-order valence-corrected chi connectivity index (χ4v) is 1.74. The zero-order valence-electron chi connectivity index (χ0n) is 10.0. The van der Waals surface area contributed by atoms with E-state index in [1.807, 2.05) is 30.3 Å². The molecule has 0 saturated heterocycles. The SMILES string of the molecule is CC(=O)c1nn2cnn(-c3ccccc3)c2nc1=O. The Morgan fingerprint density at radius 1 is 1.21 bits per heavy atom. The molecule has 3 rings (SSSR count). The molecule has 1 aromatic carbocycles. The van der Waals surface area contributed by atoms with Gasteiger partial charge in [0.15, 0.2) is 11.5 Å². The molecule has 7 nitrogen and oxygen atoms in total. The van der Waals surface area contributed by atoms with Crippen molar-refractivity contribution in [1.29, 1.82) is 0 Å². The van der Waals surface area contributed by atoms with E-state index >= 15 is 0 Å². The highest BCUT2D eigenvalue weighted by Crippen LogP contribution is 2.07. The van der Waals surface area contributed by atoms with Gasteiger partial charge in [0.2, 0.25) is 0 Å². The van der Waals surface area contributed by atoms with E-state index < -0.39 is 11.3 Å². The predicted molar refractivity (Wildman–Crippen MR) is 66.4 cm³/mol. The number of fused-ring (bicyclic) bond motifs is 1. The minimum Gasteiger partial charge on any atom is -0.292 e. The van der Waals surface area contributed by atoms with Crippen LogP contribution in [0.4, 0.5) is 0 Å². The number of Topliss-reactive ketones (excluding diaryl/α,β-unsaturated/α-hetero) is 1. The second-order valence-electron chi connectivity index (χ2n) is 3.94. The molecule has 0 unspecified atom stereocenters. The van der Waals surface area contributed by atoms with E-state index in [0.717, 1.165) is 5.69 Å². The first kappa shape index (κ1) is 11.3. The molecule has 0 radical (unpaired) electrons. The summed E-state index contributed by atoms with van der Waals surface area (Å²) in [6.07, 6.45) is 1.40. The number of aromatic nitrogens is 5. The molecule has 0 atom stereocenters. The van der Waals surface area contributed by atoms with Gasteiger partial charge in [0.25, 0.3) is 5.78 Å². The van der Waals surface area contributed by atoms with E-state index in [2.05, 4.69) is 15.2 Å². The number of ketones is 1. The molecule has 2 heterocycles. The molecule has 0 saturated carbocycles. The molecule has 7 heteroatoms. The van der Waals surface area contributed by atoms with Crippen molar-refractivity contribution in [2.24, 2.45) is 0 Å². The lowest BCUT2D eigenvalue weighted by Gasteiger charge is -2.01. The Kier molecular flexibility index (Phi) is 2.45. The van der Waals surface area contributed by atoms with Gasteiger partial charge in [-0.15, -0.1) is 0 Å². The van der Waals surface area contributed by atoms with Gasteiger partial charge in [0.1, 0.15) is 6.33 Å². The molecule has 0 fully saturated rings. The lowest BCUT2D eigenvalue weighted by Crippen LogP contribution is -2.22. The van der Waals surface area contributed by atoms with E-state index in [-0.39, 0.29) is 11.5 Å². The lowest BCUT2D eigenvalue weighted by molar-refractivity contribution is 0.101. The van der Waals surface area contributed by atoms with Crippen LogP contribution in [0.5, 0.6) is 0 Å². The van der Waals surface area contributed by atoms with Gasteiger partial charge in [0.05, 0.1) is 5.69 Å². The van der Waals surface area contributed by atoms with Crippen molar-refractivity contribution in [3.05, 3.63) is 52.7 Å². The number of nitrogens with zero attached hydrogens (tertiary/aromatic N) is 5. The number of carbonyl (C=O) groups excluding carboxylic acids is 1. The summed E-state index contributed by atoms with van der Waals surface area (Å²) < 4.78 is 2.80. The Hall–Kier alpha value is -2.83. The number of benzene rings is 1. The highest BCUT2D eigenvalue weighted by atomic mass is 16.1. The molecular weight excluding hydrogens is 246 g/mol. The van der Waals surface area contributed by atoms with Crippen molar-refractivity contribution in [3.8, 4) is 5.69 Å². The van der Waals surface area contributed by atoms with E-state index in [9.17, 15) is 9.59 Å². The summed E-state index contributed by atoms with van der Waals surface area (Å²) in [5.41, 5.74) is -0.0791. The largest absolute Gasteiger partial charge is 0.304 e. The van der Waals surface area contributed by atoms with Gasteiger partial charge in [-0.3, -0.25) is 9.59 Å². The first-order chi connectivity index (χ1) is 9.16. The Morgan fingerprint density at radius 2 is 1.95 bits per heavy atom. The van der Waals surface area contributed by atoms with Gasteiger partial charge >= 0.3 is 5.56 Å². The molecule has 0 aliphatic rings. The molecule has 0 bridgehead atoms. The van der Waals surface area contributed by atoms with Crippen LogP contribution in [0.1, 0.15) is 17.4 Å². The summed E-state index contributed by atoms with van der Waals surface area (Å²) in [5, 5.41) is 8.04. The van der Waals surface area contributed by atoms with E-state index in [0.29, 0.717) is 0 Å². The van der Waals surface area contributed by atoms with Crippen LogP contribution in [0.2, 0.25) is 0 Å². The second kappa shape index (κ2) is 4.13. The second-order valence-corrected chi connectivity index (χ2v) is 3.94. The predicted octanol–water partition coefficient (Wildman–Crippen LogP) is 0.478. The van der Waals surface area contributed by atoms with Crippen LogP contribution >= 0.6 is 0 Å². The van der Waals surface area contributed by atoms with Crippen LogP contribution in [0, 0.1) is 0 Å². The minimum atomic E-state index is -0.648. The number of hydrogen-bond acceptors (Lipinski definition) is 5. The van der Waals surface area contributed by atoms with Crippen LogP contribution in [-0.2, 0) is 0 Å². The monoisotopic (exact) mass is 255 g/mol. The lowest BCUT2D eigenvalue weighted by atomic mass is 10.3. The quantitative estimate of drug-likeness (QED) is 0.622. The third kappa shape index (κ3) is 1.81. The highest BCUT2D eigenvalue weighted by molar-refractivity contribution is 5.91. The summed E-state index contributed by atoms with van der Waals surface area (Å²) in [6.45, 7) is 1.28. The average molecular weight is 255 g/mol. The number of para-hydroxylation sites is 1. The Balaban J connectivity index is 2.28. The van der Waals surface area contributed by atoms with Gasteiger partial charge in [0, 0.05) is 6.92 Å². The molecule has 2 aromatic heterocycles. The van der Waals surface area contributed by atoms with E-state index in [1.165, 1.54) is 22.4 Å². The maximum Gasteiger partial charge on any atom is 0.304 e. The Labute approximate surface area is 107 Å². The topological polar surface area (TPSA) is 82.2 Å². The molecule has 94 valence electrons. The third-order valence-corrected chi connectivity index (χ3v) is 2.62. The number of carbonyl (C=O) groups is 1. The fourth-order valence-electron chi connectivity index (χ4n) is 1.74. The summed E-state index contributed by atoms with van der Waals surface area (Å²) in [4.78, 5) is 26.8. The maximum absolute atomic E-state index is 11.7. The third-order valence-electron chi connectivity index (χ3n) is 2.62. The van der Waals surface area contributed by atoms with Crippen molar-refractivity contribution < 1.29 is 4.79 Å². The molecule has 3 aromatic rings. The normalized spacial score (nSPS) is 10.8. The molecule has 19 heavy (non-hydrogen) atoms. The van der Waals surface area contributed by atoms with Crippen molar-refractivity contribution >= 4 is 11.6 Å². The first-order valence-electron chi connectivity index (χ1n) is 5.58. The van der Waals surface area contributed by atoms with Crippen molar-refractivity contribution in [2.45, 2.75) is 6.92 Å². The summed E-state index contributed by atoms with van der Waals surface area (Å²) >= 11 is 0. The maximum atomic E-state index is 11.7. The fraction of sp³-hybridized carbons (Fsp3) is 0.0833. The molecule has 0 spiro atoms. The molecule has 0 aliphatic heterocycles. The van der Waals surface area contributed by atoms with Gasteiger partial charge in [-0.05, 0) is 12.1 Å². The highest BCUT2D eigenvalue weighted by Gasteiger charge is 2.13. The smallest absolute Gasteiger partial charge is 0.292 e. The van der Waals surface area contributed by atoms with Crippen molar-refractivity contribution in [1.82, 2.24) is 24.4 Å². The zero-order valence-corrected chi connectivity index (χ0v) is 10.0. The molecule has 0 aliphatic carbocycles. The standard InChI is InChI=1S/C12H9N5O2/c1-8(18)10-11(19)14-12-16(15-10)7-13-17(12)9-5-3-2-4-6-9/h2-7H,1H3. The first-order valence-corrected chi connectivity index (χ1v) is 5.58. The summed E-state index contributed by atoms with van der Waals surface area (Å²) in [7, 11) is 0. The van der Waals surface area contributed by atoms with Crippen LogP contribution in [0.3, 0.4) is 0 Å². The zero-order chi connectivity index (χ0) is 13.4. The van der Waals surface area contributed by atoms with Crippen LogP contribution in [0.15, 0.2) is 41.5 Å². The van der Waals surface area contributed by atoms with Crippen molar-refractivity contribution in [2.75, 3.05) is 0 Å². The Morgan fingerprint density at radius 3 is 2.63 bits per heavy atom. The number of rotatable bonds is 2. The molecule has 0 N–H and O–H groups in total. The average Bonchev–Trinajstić information content (AvgIpc) is 2.81. The summed E-state index contributed by atoms with van der Waals surface area (Å²) in [5.74, 6) is -0.152. The van der Waals surface area contributed by atoms with Gasteiger partial charge in [-0.1, -0.05) is 18.2 Å². The molecule has 0 amide bonds. The van der Waals surface area contributed by atoms with Crippen LogP contribution in [-0.4, -0.2) is 30.2 Å². The van der Waals surface area contributed by atoms with E-state index in [4.69, 9.17) is 0 Å². The van der Waals surface area contributed by atoms with E-state index in [1.54, 1.807) is 0 Å². The van der Waals surface area contributed by atoms with Gasteiger partial charge < -0.3 is 0 Å². The molecular formula is C12H9N5O2. The van der Waals surface area contributed by atoms with Crippen LogP contribution < -0.4 is 5.56 Å². The summed E-state index contributed by atoms with van der Waals surface area (Å²) in [6, 6.07) is 9.24. The van der Waals surface area contributed by atoms with Crippen molar-refractivity contribution in [3.63, 3.8) is 0 Å². The number of hydrogen-bond donors (Lipinski definition) is 0.